The summed E-state index contributed by atoms with van der Waals surface area (Å²) >= 11 is 1.62. The van der Waals surface area contributed by atoms with Crippen molar-refractivity contribution in [1.29, 1.82) is 0 Å². The average molecular weight is 605 g/mol. The number of rotatable bonds is 6. The molecule has 0 aromatic heterocycles. The summed E-state index contributed by atoms with van der Waals surface area (Å²) in [6, 6.07) is 12.4. The average Bonchev–Trinajstić information content (AvgIpc) is 3.52. The minimum Gasteiger partial charge on any atom is -0.342 e. The molecule has 0 radical (unpaired) electrons. The fourth-order valence-electron chi connectivity index (χ4n) is 6.70. The van der Waals surface area contributed by atoms with E-state index >= 15 is 0 Å². The minimum absolute atomic E-state index is 0.0342. The number of nitrogens with one attached hydrogen (secondary N) is 3. The first-order valence-electron chi connectivity index (χ1n) is 15.6. The van der Waals surface area contributed by atoms with Crippen LogP contribution >= 0.6 is 11.8 Å². The van der Waals surface area contributed by atoms with Crippen molar-refractivity contribution in [3.63, 3.8) is 0 Å². The predicted octanol–water partition coefficient (Wildman–Crippen LogP) is 5.28. The van der Waals surface area contributed by atoms with Gasteiger partial charge in [-0.1, -0.05) is 45.0 Å². The molecule has 4 heterocycles. The molecule has 4 aliphatic rings. The largest absolute Gasteiger partial charge is 0.342 e. The Kier molecular flexibility index (Phi) is 8.35. The quantitative estimate of drug-likeness (QED) is 0.416. The van der Waals surface area contributed by atoms with Crippen LogP contribution in [0.15, 0.2) is 36.4 Å². The molecule has 9 nitrogen and oxygen atoms in total. The molecule has 6 rings (SSSR count). The molecular weight excluding hydrogens is 560 g/mol. The number of amides is 4. The van der Waals surface area contributed by atoms with Crippen molar-refractivity contribution >= 4 is 41.0 Å². The van der Waals surface area contributed by atoms with Crippen molar-refractivity contribution in [3.05, 3.63) is 58.7 Å². The van der Waals surface area contributed by atoms with Gasteiger partial charge in [0.05, 0.1) is 10.9 Å². The lowest BCUT2D eigenvalue weighted by molar-refractivity contribution is -0.137. The summed E-state index contributed by atoms with van der Waals surface area (Å²) in [4.78, 5) is 46.2. The third kappa shape index (κ3) is 6.36. The number of fused-ring (bicyclic) bond motifs is 2. The minimum atomic E-state index is -0.394. The molecule has 10 heteroatoms. The Morgan fingerprint density at radius 1 is 1.05 bits per heavy atom. The highest BCUT2D eigenvalue weighted by molar-refractivity contribution is 8.01. The lowest BCUT2D eigenvalue weighted by atomic mass is 9.92. The zero-order valence-corrected chi connectivity index (χ0v) is 26.6. The van der Waals surface area contributed by atoms with Gasteiger partial charge in [0.2, 0.25) is 11.8 Å². The van der Waals surface area contributed by atoms with E-state index in [4.69, 9.17) is 0 Å². The van der Waals surface area contributed by atoms with Crippen molar-refractivity contribution < 1.29 is 14.4 Å². The van der Waals surface area contributed by atoms with Gasteiger partial charge in [-0.3, -0.25) is 9.59 Å². The highest BCUT2D eigenvalue weighted by atomic mass is 32.2. The van der Waals surface area contributed by atoms with E-state index in [0.717, 1.165) is 60.3 Å². The topological polar surface area (TPSA) is 97.0 Å². The van der Waals surface area contributed by atoms with Crippen LogP contribution in [0.2, 0.25) is 0 Å². The molecule has 4 aliphatic heterocycles. The first-order valence-corrected chi connectivity index (χ1v) is 16.5. The first-order chi connectivity index (χ1) is 20.6. The third-order valence-electron chi connectivity index (χ3n) is 9.21. The van der Waals surface area contributed by atoms with Gasteiger partial charge in [-0.05, 0) is 72.4 Å². The normalized spacial score (nSPS) is 22.7. The lowest BCUT2D eigenvalue weighted by Gasteiger charge is -2.38. The van der Waals surface area contributed by atoms with E-state index in [2.05, 4.69) is 62.1 Å². The molecule has 0 saturated carbocycles. The fraction of sp³-hybridized carbons (Fsp3) is 0.545. The maximum atomic E-state index is 13.8. The number of hydrogen-bond acceptors (Lipinski definition) is 6. The molecule has 2 fully saturated rings. The summed E-state index contributed by atoms with van der Waals surface area (Å²) in [5.74, 6) is 0.102. The van der Waals surface area contributed by atoms with Crippen molar-refractivity contribution in [1.82, 2.24) is 20.1 Å². The third-order valence-corrected chi connectivity index (χ3v) is 10.7. The summed E-state index contributed by atoms with van der Waals surface area (Å²) in [6.45, 7) is 12.0. The second-order valence-electron chi connectivity index (χ2n) is 13.5. The highest BCUT2D eigenvalue weighted by Crippen LogP contribution is 2.46. The van der Waals surface area contributed by atoms with Gasteiger partial charge in [-0.25, -0.2) is 10.2 Å². The van der Waals surface area contributed by atoms with E-state index in [-0.39, 0.29) is 41.1 Å². The van der Waals surface area contributed by atoms with Gasteiger partial charge in [-0.15, -0.1) is 11.8 Å². The van der Waals surface area contributed by atoms with Gasteiger partial charge in [0, 0.05) is 50.9 Å². The zero-order chi connectivity index (χ0) is 30.3. The van der Waals surface area contributed by atoms with Crippen molar-refractivity contribution in [2.24, 2.45) is 5.41 Å². The van der Waals surface area contributed by atoms with E-state index in [9.17, 15) is 14.4 Å². The number of likely N-dealkylation sites (tertiary alicyclic amines) is 1. The van der Waals surface area contributed by atoms with E-state index < -0.39 is 5.25 Å². The SMILES string of the molecule is Cc1cc(C2SC(CC(=O)N3CCC(N4CCc5ccccc5NC4=O)CC3)C(=O)N2CCC(C)(C)C)cc2c1NNC2. The van der Waals surface area contributed by atoms with Gasteiger partial charge in [-0.2, -0.15) is 0 Å². The molecule has 2 saturated heterocycles. The number of hydrazine groups is 1. The second-order valence-corrected chi connectivity index (χ2v) is 14.8. The van der Waals surface area contributed by atoms with E-state index in [1.807, 2.05) is 32.9 Å². The molecule has 2 unspecified atom stereocenters. The summed E-state index contributed by atoms with van der Waals surface area (Å²) in [5.41, 5.74) is 13.2. The van der Waals surface area contributed by atoms with Crippen LogP contribution in [0.25, 0.3) is 0 Å². The summed E-state index contributed by atoms with van der Waals surface area (Å²) in [6.07, 6.45) is 3.42. The van der Waals surface area contributed by atoms with Crippen molar-refractivity contribution in [3.8, 4) is 0 Å². The van der Waals surface area contributed by atoms with Gasteiger partial charge in [0.1, 0.15) is 5.37 Å². The maximum absolute atomic E-state index is 13.8. The number of nitrogens with zero attached hydrogens (tertiary/aromatic N) is 3. The molecule has 0 bridgehead atoms. The van der Waals surface area contributed by atoms with Gasteiger partial charge in [0.15, 0.2) is 0 Å². The highest BCUT2D eigenvalue weighted by Gasteiger charge is 2.43. The molecule has 43 heavy (non-hydrogen) atoms. The van der Waals surface area contributed by atoms with Crippen molar-refractivity contribution in [2.45, 2.75) is 83.0 Å². The number of aryl methyl sites for hydroxylation is 1. The number of piperidine rings is 1. The Hall–Kier alpha value is -3.24. The predicted molar refractivity (Wildman–Crippen MR) is 172 cm³/mol. The number of benzene rings is 2. The molecule has 0 aliphatic carbocycles. The van der Waals surface area contributed by atoms with Crippen LogP contribution in [0.4, 0.5) is 16.2 Å². The summed E-state index contributed by atoms with van der Waals surface area (Å²) in [7, 11) is 0. The molecular formula is C33H44N6O3S. The Labute approximate surface area is 259 Å². The maximum Gasteiger partial charge on any atom is 0.322 e. The lowest BCUT2D eigenvalue weighted by Crippen LogP contribution is -2.50. The van der Waals surface area contributed by atoms with Crippen LogP contribution in [0.3, 0.4) is 0 Å². The van der Waals surface area contributed by atoms with Gasteiger partial charge >= 0.3 is 6.03 Å². The molecule has 3 N–H and O–H groups in total. The first kappa shape index (κ1) is 29.8. The molecule has 2 aromatic carbocycles. The Morgan fingerprint density at radius 2 is 1.81 bits per heavy atom. The van der Waals surface area contributed by atoms with E-state index in [1.165, 1.54) is 5.56 Å². The summed E-state index contributed by atoms with van der Waals surface area (Å²) in [5, 5.41) is 2.57. The number of para-hydroxylation sites is 1. The molecule has 230 valence electrons. The number of anilines is 2. The van der Waals surface area contributed by atoms with Crippen LogP contribution in [0, 0.1) is 12.3 Å². The number of hydrogen-bond donors (Lipinski definition) is 3. The Bertz CT molecular complexity index is 1400. The molecule has 2 atom stereocenters. The zero-order valence-electron chi connectivity index (χ0n) is 25.7. The van der Waals surface area contributed by atoms with Crippen LogP contribution in [0.5, 0.6) is 0 Å². The smallest absolute Gasteiger partial charge is 0.322 e. The summed E-state index contributed by atoms with van der Waals surface area (Å²) < 4.78 is 0. The van der Waals surface area contributed by atoms with Gasteiger partial charge < -0.3 is 25.4 Å². The van der Waals surface area contributed by atoms with Crippen LogP contribution in [-0.4, -0.2) is 70.0 Å². The monoisotopic (exact) mass is 604 g/mol. The molecule has 2 aromatic rings. The molecule has 0 spiro atoms. The number of thioether (sulfide) groups is 1. The number of urea groups is 1. The Balaban J connectivity index is 1.10. The molecule has 4 amide bonds. The number of carbonyl (C=O) groups is 3. The van der Waals surface area contributed by atoms with Gasteiger partial charge in [0.25, 0.3) is 0 Å². The van der Waals surface area contributed by atoms with Crippen LogP contribution in [0.1, 0.15) is 74.1 Å². The van der Waals surface area contributed by atoms with Crippen molar-refractivity contribution in [2.75, 3.05) is 36.9 Å². The van der Waals surface area contributed by atoms with Crippen LogP contribution in [-0.2, 0) is 22.6 Å². The van der Waals surface area contributed by atoms with E-state index in [0.29, 0.717) is 26.2 Å². The second kappa shape index (κ2) is 12.0. The van der Waals surface area contributed by atoms with E-state index in [1.54, 1.807) is 11.8 Å². The Morgan fingerprint density at radius 3 is 2.58 bits per heavy atom. The standard InChI is InChI=1S/C33H44N6O3S/c1-21-17-23(18-24-20-34-36-29(21)24)31-39(16-12-33(2,3)4)30(41)27(43-31)19-28(40)37-13-10-25(11-14-37)38-15-9-22-7-5-6-8-26(22)35-32(38)42/h5-8,17-18,25,27,31,34,36H,9-16,19-20H2,1-4H3,(H,35,42). The number of carbonyl (C=O) groups excluding carboxylic acids is 3. The van der Waals surface area contributed by atoms with Crippen LogP contribution < -0.4 is 16.2 Å². The fourth-order valence-corrected chi connectivity index (χ4v) is 8.15.